The Bertz CT molecular complexity index is 311. The average molecular weight is 191 g/mol. The molecule has 0 aliphatic heterocycles. The summed E-state index contributed by atoms with van der Waals surface area (Å²) in [5.41, 5.74) is 3.61. The zero-order chi connectivity index (χ0) is 9.97. The van der Waals surface area contributed by atoms with Crippen molar-refractivity contribution in [2.45, 2.75) is 39.3 Å². The highest BCUT2D eigenvalue weighted by Gasteiger charge is 2.11. The first kappa shape index (κ1) is 9.46. The van der Waals surface area contributed by atoms with Gasteiger partial charge >= 0.3 is 0 Å². The molecule has 2 N–H and O–H groups in total. The third kappa shape index (κ3) is 1.87. The molecule has 1 heterocycles. The molecule has 1 aliphatic carbocycles. The van der Waals surface area contributed by atoms with Gasteiger partial charge in [-0.2, -0.15) is 5.10 Å². The molecule has 0 atom stereocenters. The molecule has 76 valence electrons. The number of rotatable bonds is 3. The highest BCUT2D eigenvalue weighted by Crippen LogP contribution is 2.13. The summed E-state index contributed by atoms with van der Waals surface area (Å²) >= 11 is 0. The van der Waals surface area contributed by atoms with Gasteiger partial charge < -0.3 is 5.32 Å². The van der Waals surface area contributed by atoms with E-state index < -0.39 is 0 Å². The summed E-state index contributed by atoms with van der Waals surface area (Å²) in [6, 6.07) is 0.628. The summed E-state index contributed by atoms with van der Waals surface area (Å²) < 4.78 is 0. The molecule has 3 heteroatoms. The maximum atomic E-state index is 4.18. The predicted octanol–water partition coefficient (Wildman–Crippen LogP) is 1.83. The van der Waals surface area contributed by atoms with Crippen LogP contribution in [-0.4, -0.2) is 16.2 Å². The van der Waals surface area contributed by atoms with E-state index in [9.17, 15) is 0 Å². The molecule has 1 aromatic heterocycles. The number of nitrogens with zero attached hydrogens (tertiary/aromatic N) is 1. The highest BCUT2D eigenvalue weighted by atomic mass is 15.1. The molecule has 1 aromatic rings. The molecular formula is C11H17N3. The minimum absolute atomic E-state index is 0.628. The van der Waals surface area contributed by atoms with Crippen LogP contribution in [0.25, 0.3) is 0 Å². The van der Waals surface area contributed by atoms with Crippen LogP contribution in [0.2, 0.25) is 0 Å². The molecule has 14 heavy (non-hydrogen) atoms. The van der Waals surface area contributed by atoms with E-state index in [0.717, 1.165) is 25.1 Å². The molecule has 3 nitrogen and oxygen atoms in total. The Balaban J connectivity index is 1.91. The Hall–Kier alpha value is -1.09. The van der Waals surface area contributed by atoms with E-state index in [0.29, 0.717) is 6.04 Å². The number of nitrogens with one attached hydrogen (secondary N) is 2. The molecule has 2 rings (SSSR count). The van der Waals surface area contributed by atoms with E-state index in [1.807, 2.05) is 6.92 Å². The van der Waals surface area contributed by atoms with Gasteiger partial charge in [-0.1, -0.05) is 12.2 Å². The lowest BCUT2D eigenvalue weighted by molar-refractivity contribution is 0.536. The lowest BCUT2D eigenvalue weighted by Gasteiger charge is -2.11. The molecule has 0 aromatic carbocycles. The van der Waals surface area contributed by atoms with Crippen molar-refractivity contribution in [3.05, 3.63) is 29.1 Å². The molecule has 0 amide bonds. The summed E-state index contributed by atoms with van der Waals surface area (Å²) in [7, 11) is 0. The van der Waals surface area contributed by atoms with Crippen molar-refractivity contribution in [2.75, 3.05) is 0 Å². The highest BCUT2D eigenvalue weighted by molar-refractivity contribution is 5.23. The molecule has 0 bridgehead atoms. The van der Waals surface area contributed by atoms with Gasteiger partial charge in [-0.15, -0.1) is 0 Å². The Labute approximate surface area is 84.6 Å². The third-order valence-corrected chi connectivity index (χ3v) is 2.86. The summed E-state index contributed by atoms with van der Waals surface area (Å²) in [5.74, 6) is 0. The van der Waals surface area contributed by atoms with Crippen molar-refractivity contribution in [1.29, 1.82) is 0 Å². The number of hydrogen-bond donors (Lipinski definition) is 2. The Morgan fingerprint density at radius 3 is 2.71 bits per heavy atom. The molecule has 0 radical (unpaired) electrons. The van der Waals surface area contributed by atoms with Gasteiger partial charge in [0.25, 0.3) is 0 Å². The van der Waals surface area contributed by atoms with E-state index >= 15 is 0 Å². The van der Waals surface area contributed by atoms with Crippen LogP contribution in [0.5, 0.6) is 0 Å². The monoisotopic (exact) mass is 191 g/mol. The first-order chi connectivity index (χ1) is 6.77. The van der Waals surface area contributed by atoms with Crippen LogP contribution in [0.1, 0.15) is 29.8 Å². The fraction of sp³-hybridized carbons (Fsp3) is 0.545. The second-order valence-electron chi connectivity index (χ2n) is 3.93. The zero-order valence-electron chi connectivity index (χ0n) is 8.80. The van der Waals surface area contributed by atoms with Crippen LogP contribution in [0.3, 0.4) is 0 Å². The molecule has 0 unspecified atom stereocenters. The van der Waals surface area contributed by atoms with Crippen LogP contribution in [-0.2, 0) is 6.54 Å². The van der Waals surface area contributed by atoms with Gasteiger partial charge in [-0.25, -0.2) is 0 Å². The Morgan fingerprint density at radius 1 is 1.43 bits per heavy atom. The molecule has 0 fully saturated rings. The topological polar surface area (TPSA) is 40.7 Å². The van der Waals surface area contributed by atoms with Crippen molar-refractivity contribution in [2.24, 2.45) is 0 Å². The van der Waals surface area contributed by atoms with Crippen molar-refractivity contribution in [3.63, 3.8) is 0 Å². The molecule has 0 saturated heterocycles. The van der Waals surface area contributed by atoms with Crippen LogP contribution in [0.15, 0.2) is 12.2 Å². The summed E-state index contributed by atoms with van der Waals surface area (Å²) in [6.45, 7) is 5.05. The second kappa shape index (κ2) is 3.96. The first-order valence-corrected chi connectivity index (χ1v) is 5.16. The largest absolute Gasteiger partial charge is 0.309 e. The van der Waals surface area contributed by atoms with E-state index in [4.69, 9.17) is 0 Å². The molecule has 0 spiro atoms. The number of aryl methyl sites for hydroxylation is 2. The van der Waals surface area contributed by atoms with Crippen molar-refractivity contribution < 1.29 is 0 Å². The van der Waals surface area contributed by atoms with Gasteiger partial charge in [0.2, 0.25) is 0 Å². The van der Waals surface area contributed by atoms with Crippen molar-refractivity contribution in [1.82, 2.24) is 15.5 Å². The smallest absolute Gasteiger partial charge is 0.0638 e. The van der Waals surface area contributed by atoms with E-state index in [1.165, 1.54) is 11.3 Å². The van der Waals surface area contributed by atoms with E-state index in [2.05, 4.69) is 34.6 Å². The normalized spacial score (nSPS) is 16.7. The van der Waals surface area contributed by atoms with Gasteiger partial charge in [-0.3, -0.25) is 5.10 Å². The maximum absolute atomic E-state index is 4.18. The summed E-state index contributed by atoms with van der Waals surface area (Å²) in [4.78, 5) is 0. The predicted molar refractivity (Wildman–Crippen MR) is 57.1 cm³/mol. The molecule has 0 saturated carbocycles. The van der Waals surface area contributed by atoms with Crippen LogP contribution in [0.4, 0.5) is 0 Å². The van der Waals surface area contributed by atoms with Crippen LogP contribution in [0, 0.1) is 13.8 Å². The number of hydrogen-bond acceptors (Lipinski definition) is 2. The van der Waals surface area contributed by atoms with Crippen molar-refractivity contribution in [3.8, 4) is 0 Å². The second-order valence-corrected chi connectivity index (χ2v) is 3.93. The van der Waals surface area contributed by atoms with E-state index in [1.54, 1.807) is 0 Å². The minimum Gasteiger partial charge on any atom is -0.309 e. The van der Waals surface area contributed by atoms with Crippen LogP contribution >= 0.6 is 0 Å². The first-order valence-electron chi connectivity index (χ1n) is 5.16. The Kier molecular flexibility index (Phi) is 2.68. The SMILES string of the molecule is Cc1n[nH]c(C)c1CNC1CC=CC1. The van der Waals surface area contributed by atoms with Crippen molar-refractivity contribution >= 4 is 0 Å². The van der Waals surface area contributed by atoms with Gasteiger partial charge in [0.1, 0.15) is 0 Å². The van der Waals surface area contributed by atoms with Gasteiger partial charge in [0.15, 0.2) is 0 Å². The standard InChI is InChI=1S/C11H17N3/c1-8-11(9(2)14-13-8)7-12-10-5-3-4-6-10/h3-4,10,12H,5-7H2,1-2H3,(H,13,14). The number of H-pyrrole nitrogens is 1. The maximum Gasteiger partial charge on any atom is 0.0638 e. The molecular weight excluding hydrogens is 174 g/mol. The average Bonchev–Trinajstić information content (AvgIpc) is 2.76. The lowest BCUT2D eigenvalue weighted by atomic mass is 10.1. The minimum atomic E-state index is 0.628. The molecule has 1 aliphatic rings. The zero-order valence-corrected chi connectivity index (χ0v) is 8.80. The van der Waals surface area contributed by atoms with Gasteiger partial charge in [-0.05, 0) is 26.7 Å². The Morgan fingerprint density at radius 2 is 2.14 bits per heavy atom. The van der Waals surface area contributed by atoms with Gasteiger partial charge in [0.05, 0.1) is 5.69 Å². The quantitative estimate of drug-likeness (QED) is 0.716. The number of aromatic amines is 1. The number of aromatic nitrogens is 2. The van der Waals surface area contributed by atoms with E-state index in [-0.39, 0.29) is 0 Å². The third-order valence-electron chi connectivity index (χ3n) is 2.86. The summed E-state index contributed by atoms with van der Waals surface area (Å²) in [6.07, 6.45) is 6.81. The van der Waals surface area contributed by atoms with Crippen LogP contribution < -0.4 is 5.32 Å². The van der Waals surface area contributed by atoms with Gasteiger partial charge in [0, 0.05) is 23.8 Å². The fourth-order valence-electron chi connectivity index (χ4n) is 1.86. The lowest BCUT2D eigenvalue weighted by Crippen LogP contribution is -2.26. The summed E-state index contributed by atoms with van der Waals surface area (Å²) in [5, 5.41) is 10.7. The fourth-order valence-corrected chi connectivity index (χ4v) is 1.86.